The maximum Gasteiger partial charge on any atom is 0.246 e. The van der Waals surface area contributed by atoms with Crippen LogP contribution in [0.1, 0.15) is 19.3 Å². The normalized spacial score (nSPS) is 24.4. The number of rotatable bonds is 5. The molecule has 2 fully saturated rings. The first kappa shape index (κ1) is 21.3. The van der Waals surface area contributed by atoms with Gasteiger partial charge in [0.25, 0.3) is 0 Å². The minimum absolute atomic E-state index is 0.0148. The highest BCUT2D eigenvalue weighted by atomic mass is 32.2. The summed E-state index contributed by atoms with van der Waals surface area (Å²) in [6.45, 7) is 0.283. The monoisotopic (exact) mass is 452 g/mol. The molecule has 0 amide bonds. The van der Waals surface area contributed by atoms with Crippen LogP contribution in [0.2, 0.25) is 0 Å². The summed E-state index contributed by atoms with van der Waals surface area (Å²) < 4.78 is 82.1. The second kappa shape index (κ2) is 7.47. The predicted octanol–water partition coefficient (Wildman–Crippen LogP) is 0.433. The zero-order valence-electron chi connectivity index (χ0n) is 15.7. The fourth-order valence-corrected chi connectivity index (χ4v) is 8.57. The van der Waals surface area contributed by atoms with Crippen molar-refractivity contribution in [2.75, 3.05) is 42.3 Å². The van der Waals surface area contributed by atoms with Gasteiger partial charge in [-0.3, -0.25) is 4.31 Å². The van der Waals surface area contributed by atoms with Crippen LogP contribution >= 0.6 is 0 Å². The molecule has 1 aromatic rings. The van der Waals surface area contributed by atoms with E-state index in [0.29, 0.717) is 12.8 Å². The van der Waals surface area contributed by atoms with Crippen molar-refractivity contribution in [2.45, 2.75) is 30.2 Å². The molecule has 0 aliphatic carbocycles. The molecule has 1 aromatic carbocycles. The molecule has 9 nitrogen and oxygen atoms in total. The first-order chi connectivity index (χ1) is 13.0. The molecule has 12 heteroatoms. The van der Waals surface area contributed by atoms with Crippen molar-refractivity contribution in [1.29, 1.82) is 0 Å². The van der Waals surface area contributed by atoms with Crippen LogP contribution in [0.5, 0.6) is 5.75 Å². The number of anilines is 1. The van der Waals surface area contributed by atoms with Crippen LogP contribution in [0.3, 0.4) is 0 Å². The smallest absolute Gasteiger partial charge is 0.246 e. The van der Waals surface area contributed by atoms with E-state index in [0.717, 1.165) is 4.31 Å². The van der Waals surface area contributed by atoms with Gasteiger partial charge >= 0.3 is 0 Å². The van der Waals surface area contributed by atoms with Crippen molar-refractivity contribution >= 4 is 35.6 Å². The molecular weight excluding hydrogens is 428 g/mol. The lowest BCUT2D eigenvalue weighted by Crippen LogP contribution is -2.39. The molecule has 28 heavy (non-hydrogen) atoms. The molecule has 0 aromatic heterocycles. The number of methoxy groups -OCH3 is 1. The molecular formula is C16H24N2O7S3. The molecule has 158 valence electrons. The zero-order chi connectivity index (χ0) is 20.7. The lowest BCUT2D eigenvalue weighted by molar-refractivity contribution is 0.380. The summed E-state index contributed by atoms with van der Waals surface area (Å²) in [5, 5.41) is 0. The van der Waals surface area contributed by atoms with Gasteiger partial charge in [-0.25, -0.2) is 25.3 Å². The van der Waals surface area contributed by atoms with E-state index < -0.39 is 35.9 Å². The van der Waals surface area contributed by atoms with E-state index in [4.69, 9.17) is 4.74 Å². The highest BCUT2D eigenvalue weighted by Gasteiger charge is 2.38. The Kier molecular flexibility index (Phi) is 5.69. The zero-order valence-corrected chi connectivity index (χ0v) is 18.2. The maximum atomic E-state index is 13.2. The van der Waals surface area contributed by atoms with Crippen molar-refractivity contribution in [3.05, 3.63) is 18.2 Å². The summed E-state index contributed by atoms with van der Waals surface area (Å²) in [4.78, 5) is -0.180. The summed E-state index contributed by atoms with van der Waals surface area (Å²) in [6.07, 6.45) is 1.48. The third kappa shape index (κ3) is 4.00. The van der Waals surface area contributed by atoms with Gasteiger partial charge in [0.2, 0.25) is 20.0 Å². The number of nitrogens with zero attached hydrogens (tertiary/aromatic N) is 2. The molecule has 2 saturated heterocycles. The van der Waals surface area contributed by atoms with Gasteiger partial charge in [-0.1, -0.05) is 0 Å². The fraction of sp³-hybridized carbons (Fsp3) is 0.625. The molecule has 2 aliphatic heterocycles. The lowest BCUT2D eigenvalue weighted by atomic mass is 10.2. The largest absolute Gasteiger partial charge is 0.495 e. The minimum atomic E-state index is -4.09. The Labute approximate surface area is 166 Å². The Hall–Kier alpha value is -1.37. The van der Waals surface area contributed by atoms with Crippen molar-refractivity contribution in [3.63, 3.8) is 0 Å². The SMILES string of the molecule is COc1ccc(N2CCCCS2(=O)=O)cc1S(=O)(=O)N(C)[C@@H]1CCS(=O)(=O)C1. The van der Waals surface area contributed by atoms with E-state index in [1.165, 1.54) is 36.7 Å². The molecule has 1 atom stereocenters. The summed E-state index contributed by atoms with van der Waals surface area (Å²) in [6, 6.07) is 3.56. The highest BCUT2D eigenvalue weighted by Crippen LogP contribution is 2.34. The van der Waals surface area contributed by atoms with Gasteiger partial charge in [0.05, 0.1) is 30.1 Å². The Morgan fingerprint density at radius 1 is 1.14 bits per heavy atom. The van der Waals surface area contributed by atoms with Crippen LogP contribution in [0.15, 0.2) is 23.1 Å². The fourth-order valence-electron chi connectivity index (χ4n) is 3.51. The van der Waals surface area contributed by atoms with Gasteiger partial charge in [-0.15, -0.1) is 0 Å². The first-order valence-corrected chi connectivity index (χ1v) is 13.7. The molecule has 0 bridgehead atoms. The molecule has 0 N–H and O–H groups in total. The average Bonchev–Trinajstić information content (AvgIpc) is 3.00. The first-order valence-electron chi connectivity index (χ1n) is 8.85. The standard InChI is InChI=1S/C16H24N2O7S3/c1-17(14-7-10-26(19,20)12-14)28(23,24)16-11-13(5-6-15(16)25-2)18-8-3-4-9-27(18,21)22/h5-6,11,14H,3-4,7-10,12H2,1-2H3/t14-/m1/s1. The second-order valence-corrected chi connectivity index (χ2v) is 13.2. The van der Waals surface area contributed by atoms with Crippen molar-refractivity contribution in [3.8, 4) is 5.75 Å². The summed E-state index contributed by atoms with van der Waals surface area (Å²) in [5.41, 5.74) is 0.256. The van der Waals surface area contributed by atoms with E-state index in [1.54, 1.807) is 0 Å². The van der Waals surface area contributed by atoms with Gasteiger partial charge in [0.1, 0.15) is 10.6 Å². The summed E-state index contributed by atoms with van der Waals surface area (Å²) in [7, 11) is -8.20. The molecule has 0 spiro atoms. The molecule has 2 aliphatic rings. The van der Waals surface area contributed by atoms with Crippen molar-refractivity contribution in [1.82, 2.24) is 4.31 Å². The van der Waals surface area contributed by atoms with Gasteiger partial charge < -0.3 is 4.74 Å². The number of hydrogen-bond acceptors (Lipinski definition) is 7. The van der Waals surface area contributed by atoms with Gasteiger partial charge in [-0.05, 0) is 37.5 Å². The molecule has 2 heterocycles. The highest BCUT2D eigenvalue weighted by molar-refractivity contribution is 7.93. The quantitative estimate of drug-likeness (QED) is 0.636. The van der Waals surface area contributed by atoms with Crippen molar-refractivity contribution in [2.24, 2.45) is 0 Å². The maximum absolute atomic E-state index is 13.2. The van der Waals surface area contributed by atoms with E-state index in [9.17, 15) is 25.3 Å². The van der Waals surface area contributed by atoms with E-state index in [-0.39, 0.29) is 46.6 Å². The van der Waals surface area contributed by atoms with Gasteiger partial charge in [0, 0.05) is 19.6 Å². The third-order valence-electron chi connectivity index (χ3n) is 5.16. The third-order valence-corrected chi connectivity index (χ3v) is 10.7. The van der Waals surface area contributed by atoms with Crippen LogP contribution in [-0.2, 0) is 29.9 Å². The molecule has 3 rings (SSSR count). The van der Waals surface area contributed by atoms with E-state index in [1.807, 2.05) is 0 Å². The van der Waals surface area contributed by atoms with Crippen LogP contribution in [0.4, 0.5) is 5.69 Å². The minimum Gasteiger partial charge on any atom is -0.495 e. The Morgan fingerprint density at radius 3 is 2.43 bits per heavy atom. The summed E-state index contributed by atoms with van der Waals surface area (Å²) in [5.74, 6) is -0.196. The molecule has 0 unspecified atom stereocenters. The van der Waals surface area contributed by atoms with Gasteiger partial charge in [0.15, 0.2) is 9.84 Å². The number of sulfonamides is 2. The molecule has 0 radical (unpaired) electrons. The molecule has 0 saturated carbocycles. The Balaban J connectivity index is 2.02. The second-order valence-electron chi connectivity index (χ2n) is 7.01. The van der Waals surface area contributed by atoms with Crippen LogP contribution in [0.25, 0.3) is 0 Å². The van der Waals surface area contributed by atoms with E-state index >= 15 is 0 Å². The number of benzene rings is 1. The van der Waals surface area contributed by atoms with Crippen molar-refractivity contribution < 1.29 is 30.0 Å². The summed E-state index contributed by atoms with van der Waals surface area (Å²) >= 11 is 0. The number of sulfone groups is 1. The van der Waals surface area contributed by atoms with E-state index in [2.05, 4.69) is 0 Å². The van der Waals surface area contributed by atoms with Crippen LogP contribution in [-0.4, -0.2) is 73.6 Å². The number of ether oxygens (including phenoxy) is 1. The van der Waals surface area contributed by atoms with Gasteiger partial charge in [-0.2, -0.15) is 4.31 Å². The average molecular weight is 453 g/mol. The number of hydrogen-bond donors (Lipinski definition) is 0. The topological polar surface area (TPSA) is 118 Å². The lowest BCUT2D eigenvalue weighted by Gasteiger charge is -2.29. The Morgan fingerprint density at radius 2 is 1.86 bits per heavy atom. The van der Waals surface area contributed by atoms with Crippen LogP contribution in [0, 0.1) is 0 Å². The predicted molar refractivity (Wildman–Crippen MR) is 105 cm³/mol. The Bertz CT molecular complexity index is 1070. The van der Waals surface area contributed by atoms with Crippen LogP contribution < -0.4 is 9.04 Å².